The van der Waals surface area contributed by atoms with Crippen LogP contribution in [0.2, 0.25) is 5.02 Å². The molecule has 0 aromatic heterocycles. The van der Waals surface area contributed by atoms with Crippen molar-refractivity contribution in [2.45, 2.75) is 4.90 Å². The number of hydrogen-bond acceptors (Lipinski definition) is 5. The Bertz CT molecular complexity index is 527. The van der Waals surface area contributed by atoms with Gasteiger partial charge in [-0.05, 0) is 6.07 Å². The average Bonchev–Trinajstić information content (AvgIpc) is 2.06. The minimum absolute atomic E-state index is 0.205. The number of primary sulfonamides is 1. The quantitative estimate of drug-likeness (QED) is 0.589. The second-order valence-corrected chi connectivity index (χ2v) is 4.54. The van der Waals surface area contributed by atoms with Crippen LogP contribution in [-0.4, -0.2) is 18.4 Å². The Balaban J connectivity index is 3.63. The summed E-state index contributed by atoms with van der Waals surface area (Å²) in [5.74, 6) is -1.02. The molecule has 0 unspecified atom stereocenters. The van der Waals surface area contributed by atoms with Crippen molar-refractivity contribution in [1.29, 1.82) is 0 Å². The fourth-order valence-corrected chi connectivity index (χ4v) is 1.86. The number of benzene rings is 1. The number of nitro benzene ring substituents is 1. The molecule has 0 aliphatic rings. The van der Waals surface area contributed by atoms with Crippen molar-refractivity contribution in [2.75, 3.05) is 0 Å². The predicted octanol–water partition coefficient (Wildman–Crippen LogP) is 0.601. The summed E-state index contributed by atoms with van der Waals surface area (Å²) in [5.41, 5.74) is -0.813. The lowest BCUT2D eigenvalue weighted by atomic mass is 10.3. The van der Waals surface area contributed by atoms with E-state index >= 15 is 0 Å². The van der Waals surface area contributed by atoms with Crippen LogP contribution in [0.5, 0.6) is 5.75 Å². The molecule has 7 nitrogen and oxygen atoms in total. The maximum absolute atomic E-state index is 10.9. The average molecular weight is 253 g/mol. The van der Waals surface area contributed by atoms with Gasteiger partial charge in [0.05, 0.1) is 4.92 Å². The van der Waals surface area contributed by atoms with Gasteiger partial charge < -0.3 is 5.11 Å². The van der Waals surface area contributed by atoms with Crippen molar-refractivity contribution in [2.24, 2.45) is 5.14 Å². The number of sulfonamides is 1. The molecule has 0 amide bonds. The van der Waals surface area contributed by atoms with Gasteiger partial charge in [0, 0.05) is 11.1 Å². The summed E-state index contributed by atoms with van der Waals surface area (Å²) < 4.78 is 21.8. The van der Waals surface area contributed by atoms with Crippen molar-refractivity contribution < 1.29 is 18.4 Å². The summed E-state index contributed by atoms with van der Waals surface area (Å²) >= 11 is 5.44. The van der Waals surface area contributed by atoms with Crippen molar-refractivity contribution in [1.82, 2.24) is 0 Å². The van der Waals surface area contributed by atoms with Gasteiger partial charge in [0.25, 0.3) is 0 Å². The number of rotatable bonds is 2. The van der Waals surface area contributed by atoms with Gasteiger partial charge >= 0.3 is 5.69 Å². The fourth-order valence-electron chi connectivity index (χ4n) is 0.917. The number of hydrogen-bond donors (Lipinski definition) is 2. The first-order chi connectivity index (χ1) is 6.73. The SMILES string of the molecule is NS(=O)(=O)c1cc(Cl)cc([N+](=O)[O-])c1O. The zero-order valence-corrected chi connectivity index (χ0v) is 8.62. The standard InChI is InChI=1S/C6H5ClN2O5S/c7-3-1-4(9(11)12)6(10)5(2-3)15(8,13)14/h1-2,10H,(H2,8,13,14). The van der Waals surface area contributed by atoms with E-state index in [-0.39, 0.29) is 5.02 Å². The van der Waals surface area contributed by atoms with Crippen LogP contribution in [-0.2, 0) is 10.0 Å². The minimum Gasteiger partial charge on any atom is -0.501 e. The molecular formula is C6H5ClN2O5S. The summed E-state index contributed by atoms with van der Waals surface area (Å²) in [7, 11) is -4.25. The smallest absolute Gasteiger partial charge is 0.313 e. The van der Waals surface area contributed by atoms with Crippen LogP contribution in [0.1, 0.15) is 0 Å². The van der Waals surface area contributed by atoms with Crippen molar-refractivity contribution >= 4 is 27.3 Å². The molecule has 3 N–H and O–H groups in total. The lowest BCUT2D eigenvalue weighted by molar-refractivity contribution is -0.386. The highest BCUT2D eigenvalue weighted by molar-refractivity contribution is 7.89. The Labute approximate surface area is 89.3 Å². The molecule has 0 saturated heterocycles. The van der Waals surface area contributed by atoms with Gasteiger partial charge in [-0.15, -0.1) is 0 Å². The normalized spacial score (nSPS) is 11.3. The van der Waals surface area contributed by atoms with Crippen LogP contribution in [0, 0.1) is 10.1 Å². The van der Waals surface area contributed by atoms with Gasteiger partial charge in [0.15, 0.2) is 0 Å². The largest absolute Gasteiger partial charge is 0.501 e. The van der Waals surface area contributed by atoms with Gasteiger partial charge in [0.1, 0.15) is 4.90 Å². The maximum atomic E-state index is 10.9. The molecule has 0 atom stereocenters. The van der Waals surface area contributed by atoms with Crippen LogP contribution in [0.4, 0.5) is 5.69 Å². The van der Waals surface area contributed by atoms with E-state index in [0.29, 0.717) is 0 Å². The number of phenols is 1. The van der Waals surface area contributed by atoms with E-state index < -0.39 is 31.3 Å². The zero-order valence-electron chi connectivity index (χ0n) is 7.05. The lowest BCUT2D eigenvalue weighted by Crippen LogP contribution is -2.12. The van der Waals surface area contributed by atoms with Gasteiger partial charge in [-0.25, -0.2) is 13.6 Å². The molecule has 9 heteroatoms. The molecule has 0 aliphatic heterocycles. The third-order valence-electron chi connectivity index (χ3n) is 1.52. The van der Waals surface area contributed by atoms with Crippen molar-refractivity contribution in [3.8, 4) is 5.75 Å². The predicted molar refractivity (Wildman–Crippen MR) is 51.1 cm³/mol. The number of nitrogens with zero attached hydrogens (tertiary/aromatic N) is 1. The van der Waals surface area contributed by atoms with E-state index in [2.05, 4.69) is 0 Å². The second-order valence-electron chi connectivity index (χ2n) is 2.57. The molecule has 0 fully saturated rings. The van der Waals surface area contributed by atoms with Gasteiger partial charge in [-0.1, -0.05) is 11.6 Å². The maximum Gasteiger partial charge on any atom is 0.313 e. The van der Waals surface area contributed by atoms with E-state index in [9.17, 15) is 23.6 Å². The van der Waals surface area contributed by atoms with Gasteiger partial charge in [-0.3, -0.25) is 10.1 Å². The molecule has 0 heterocycles. The highest BCUT2D eigenvalue weighted by atomic mass is 35.5. The molecule has 15 heavy (non-hydrogen) atoms. The molecule has 82 valence electrons. The molecule has 0 radical (unpaired) electrons. The number of phenolic OH excluding ortho intramolecular Hbond substituents is 1. The summed E-state index contributed by atoms with van der Waals surface area (Å²) in [6.45, 7) is 0. The van der Waals surface area contributed by atoms with Crippen LogP contribution < -0.4 is 5.14 Å². The Morgan fingerprint density at radius 1 is 1.47 bits per heavy atom. The zero-order chi connectivity index (χ0) is 11.8. The fraction of sp³-hybridized carbons (Fsp3) is 0. The lowest BCUT2D eigenvalue weighted by Gasteiger charge is -2.03. The first-order valence-corrected chi connectivity index (χ1v) is 5.35. The van der Waals surface area contributed by atoms with Crippen LogP contribution in [0.25, 0.3) is 0 Å². The second kappa shape index (κ2) is 3.65. The number of halogens is 1. The molecule has 0 spiro atoms. The molecule has 1 rings (SSSR count). The summed E-state index contributed by atoms with van der Waals surface area (Å²) in [6, 6.07) is 1.66. The molecule has 1 aromatic carbocycles. The molecule has 0 aliphatic carbocycles. The summed E-state index contributed by atoms with van der Waals surface area (Å²) in [6.07, 6.45) is 0. The van der Waals surface area contributed by atoms with Crippen LogP contribution in [0.15, 0.2) is 17.0 Å². The third-order valence-corrected chi connectivity index (χ3v) is 2.67. The Kier molecular flexibility index (Phi) is 2.84. The van der Waals surface area contributed by atoms with E-state index in [4.69, 9.17) is 16.7 Å². The Morgan fingerprint density at radius 2 is 2.00 bits per heavy atom. The summed E-state index contributed by atoms with van der Waals surface area (Å²) in [5, 5.41) is 24.2. The van der Waals surface area contributed by atoms with E-state index in [1.807, 2.05) is 0 Å². The molecule has 0 saturated carbocycles. The third kappa shape index (κ3) is 2.35. The van der Waals surface area contributed by atoms with Crippen LogP contribution in [0.3, 0.4) is 0 Å². The van der Waals surface area contributed by atoms with E-state index in [0.717, 1.165) is 12.1 Å². The number of nitrogens with two attached hydrogens (primary N) is 1. The summed E-state index contributed by atoms with van der Waals surface area (Å²) in [4.78, 5) is 8.67. The van der Waals surface area contributed by atoms with Crippen LogP contribution >= 0.6 is 11.6 Å². The molecule has 0 bridgehead atoms. The highest BCUT2D eigenvalue weighted by Crippen LogP contribution is 2.35. The monoisotopic (exact) mass is 252 g/mol. The van der Waals surface area contributed by atoms with Crippen molar-refractivity contribution in [3.63, 3.8) is 0 Å². The first-order valence-electron chi connectivity index (χ1n) is 3.43. The Morgan fingerprint density at radius 3 is 2.40 bits per heavy atom. The number of aromatic hydroxyl groups is 1. The minimum atomic E-state index is -4.25. The van der Waals surface area contributed by atoms with E-state index in [1.165, 1.54) is 0 Å². The topological polar surface area (TPSA) is 124 Å². The molecular weight excluding hydrogens is 248 g/mol. The van der Waals surface area contributed by atoms with Crippen molar-refractivity contribution in [3.05, 3.63) is 27.3 Å². The highest BCUT2D eigenvalue weighted by Gasteiger charge is 2.24. The number of nitro groups is 1. The Hall–Kier alpha value is -1.38. The first kappa shape index (κ1) is 11.7. The molecule has 1 aromatic rings. The van der Waals surface area contributed by atoms with Gasteiger partial charge in [0.2, 0.25) is 15.8 Å². The van der Waals surface area contributed by atoms with Gasteiger partial charge in [-0.2, -0.15) is 0 Å². The van der Waals surface area contributed by atoms with E-state index in [1.54, 1.807) is 0 Å².